The number of hydrogen-bond acceptors (Lipinski definition) is 2. The van der Waals surface area contributed by atoms with Gasteiger partial charge in [-0.2, -0.15) is 0 Å². The first-order chi connectivity index (χ1) is 4.83. The van der Waals surface area contributed by atoms with E-state index in [1.54, 1.807) is 0 Å². The van der Waals surface area contributed by atoms with Crippen molar-refractivity contribution in [2.24, 2.45) is 11.2 Å². The van der Waals surface area contributed by atoms with E-state index in [-0.39, 0.29) is 0 Å². The van der Waals surface area contributed by atoms with Crippen LogP contribution in [-0.4, -0.2) is 6.04 Å². The van der Waals surface area contributed by atoms with Gasteiger partial charge in [-0.1, -0.05) is 6.92 Å². The Labute approximate surface area is 61.1 Å². The number of nitrogens with one attached hydrogen (secondary N) is 1. The molecule has 0 aromatic rings. The van der Waals surface area contributed by atoms with Crippen LogP contribution in [0, 0.1) is 10.8 Å². The molecule has 1 saturated carbocycles. The van der Waals surface area contributed by atoms with Crippen LogP contribution in [0.1, 0.15) is 32.6 Å². The van der Waals surface area contributed by atoms with Crippen LogP contribution in [-0.2, 0) is 0 Å². The van der Waals surface area contributed by atoms with Crippen LogP contribution in [0.25, 0.3) is 0 Å². The van der Waals surface area contributed by atoms with E-state index >= 15 is 0 Å². The highest BCUT2D eigenvalue weighted by Crippen LogP contribution is 2.23. The molecule has 1 fully saturated rings. The summed E-state index contributed by atoms with van der Waals surface area (Å²) in [6.45, 7) is 2.25. The van der Waals surface area contributed by atoms with Gasteiger partial charge in [0.25, 0.3) is 0 Å². The second kappa shape index (κ2) is 3.54. The zero-order valence-corrected chi connectivity index (χ0v) is 6.34. The van der Waals surface area contributed by atoms with Crippen molar-refractivity contribution in [3.8, 4) is 0 Å². The molecule has 0 saturated heterocycles. The molecule has 0 unspecified atom stereocenters. The Morgan fingerprint density at radius 3 is 2.40 bits per heavy atom. The maximum Gasteiger partial charge on any atom is 0.0499 e. The molecule has 0 radical (unpaired) electrons. The molecule has 1 aliphatic carbocycles. The minimum Gasteiger partial charge on any atom is -0.271 e. The lowest BCUT2D eigenvalue weighted by atomic mass is 9.88. The van der Waals surface area contributed by atoms with Gasteiger partial charge in [0.15, 0.2) is 0 Å². The van der Waals surface area contributed by atoms with Crippen molar-refractivity contribution in [1.82, 2.24) is 5.43 Å². The van der Waals surface area contributed by atoms with Crippen molar-refractivity contribution in [1.29, 1.82) is 0 Å². The van der Waals surface area contributed by atoms with E-state index < -0.39 is 0 Å². The summed E-state index contributed by atoms with van der Waals surface area (Å²) in [7, 11) is 0. The van der Waals surface area contributed by atoms with Gasteiger partial charge in [0, 0.05) is 11.3 Å². The summed E-state index contributed by atoms with van der Waals surface area (Å²) in [4.78, 5) is 9.79. The van der Waals surface area contributed by atoms with E-state index in [9.17, 15) is 4.91 Å². The fourth-order valence-electron chi connectivity index (χ4n) is 1.46. The van der Waals surface area contributed by atoms with E-state index in [2.05, 4.69) is 17.6 Å². The van der Waals surface area contributed by atoms with Crippen LogP contribution >= 0.6 is 0 Å². The maximum atomic E-state index is 9.79. The SMILES string of the molecule is CC1CCC(NN=O)CC1. The molecule has 1 N–H and O–H groups in total. The Morgan fingerprint density at radius 1 is 1.30 bits per heavy atom. The Hall–Kier alpha value is -0.600. The van der Waals surface area contributed by atoms with E-state index in [1.807, 2.05) is 0 Å². The van der Waals surface area contributed by atoms with Gasteiger partial charge in [-0.15, -0.1) is 4.91 Å². The van der Waals surface area contributed by atoms with E-state index in [0.29, 0.717) is 6.04 Å². The van der Waals surface area contributed by atoms with Crippen molar-refractivity contribution in [3.05, 3.63) is 4.91 Å². The number of rotatable bonds is 2. The molecule has 1 rings (SSSR count). The van der Waals surface area contributed by atoms with Crippen molar-refractivity contribution >= 4 is 0 Å². The third-order valence-corrected chi connectivity index (χ3v) is 2.25. The fraction of sp³-hybridized carbons (Fsp3) is 1.00. The lowest BCUT2D eigenvalue weighted by molar-refractivity contribution is 0.310. The summed E-state index contributed by atoms with van der Waals surface area (Å²) in [5.74, 6) is 0.838. The topological polar surface area (TPSA) is 41.5 Å². The van der Waals surface area contributed by atoms with Gasteiger partial charge in [-0.25, -0.2) is 0 Å². The van der Waals surface area contributed by atoms with Gasteiger partial charge in [-0.05, 0) is 31.6 Å². The monoisotopic (exact) mass is 142 g/mol. The van der Waals surface area contributed by atoms with E-state index in [4.69, 9.17) is 0 Å². The van der Waals surface area contributed by atoms with Crippen molar-refractivity contribution < 1.29 is 0 Å². The number of nitrogens with zero attached hydrogens (tertiary/aromatic N) is 1. The highest BCUT2D eigenvalue weighted by molar-refractivity contribution is 4.73. The molecule has 0 atom stereocenters. The van der Waals surface area contributed by atoms with Gasteiger partial charge >= 0.3 is 0 Å². The lowest BCUT2D eigenvalue weighted by Gasteiger charge is -2.24. The summed E-state index contributed by atoms with van der Waals surface area (Å²) in [5, 5.41) is 2.68. The smallest absolute Gasteiger partial charge is 0.0499 e. The van der Waals surface area contributed by atoms with Crippen LogP contribution in [0.15, 0.2) is 5.29 Å². The summed E-state index contributed by atoms with van der Waals surface area (Å²) in [6.07, 6.45) is 4.67. The van der Waals surface area contributed by atoms with Crippen LogP contribution in [0.3, 0.4) is 0 Å². The quantitative estimate of drug-likeness (QED) is 0.472. The normalized spacial score (nSPS) is 33.3. The minimum atomic E-state index is 0.355. The van der Waals surface area contributed by atoms with Crippen LogP contribution in [0.4, 0.5) is 0 Å². The molecular formula is C7H14N2O. The summed E-state index contributed by atoms with van der Waals surface area (Å²) in [5.41, 5.74) is 2.57. The average molecular weight is 142 g/mol. The van der Waals surface area contributed by atoms with Gasteiger partial charge in [0.05, 0.1) is 0 Å². The average Bonchev–Trinajstić information content (AvgIpc) is 1.95. The Kier molecular flexibility index (Phi) is 2.66. The molecule has 58 valence electrons. The molecular weight excluding hydrogens is 128 g/mol. The molecule has 0 aromatic heterocycles. The van der Waals surface area contributed by atoms with Crippen LogP contribution in [0.2, 0.25) is 0 Å². The van der Waals surface area contributed by atoms with Crippen molar-refractivity contribution in [2.75, 3.05) is 0 Å². The maximum absolute atomic E-state index is 9.79. The molecule has 0 aliphatic heterocycles. The van der Waals surface area contributed by atoms with Gasteiger partial charge in [0.2, 0.25) is 0 Å². The molecule has 0 bridgehead atoms. The standard InChI is InChI=1S/C7H14N2O/c1-6-2-4-7(5-3-6)8-9-10/h6-7H,2-5H2,1H3,(H,8,10). The Morgan fingerprint density at radius 2 is 1.90 bits per heavy atom. The van der Waals surface area contributed by atoms with E-state index in [0.717, 1.165) is 18.8 Å². The molecule has 10 heavy (non-hydrogen) atoms. The predicted molar refractivity (Wildman–Crippen MR) is 40.4 cm³/mol. The first-order valence-electron chi connectivity index (χ1n) is 3.91. The second-order valence-electron chi connectivity index (χ2n) is 3.18. The zero-order valence-electron chi connectivity index (χ0n) is 6.34. The molecule has 0 heterocycles. The van der Waals surface area contributed by atoms with Gasteiger partial charge in [0.1, 0.15) is 0 Å². The first kappa shape index (κ1) is 7.51. The number of hydrogen-bond donors (Lipinski definition) is 1. The van der Waals surface area contributed by atoms with Crippen molar-refractivity contribution in [3.63, 3.8) is 0 Å². The third-order valence-electron chi connectivity index (χ3n) is 2.25. The third kappa shape index (κ3) is 1.97. The first-order valence-corrected chi connectivity index (χ1v) is 3.91. The summed E-state index contributed by atoms with van der Waals surface area (Å²) >= 11 is 0. The van der Waals surface area contributed by atoms with E-state index in [1.165, 1.54) is 12.8 Å². The summed E-state index contributed by atoms with van der Waals surface area (Å²) < 4.78 is 0. The Balaban J connectivity index is 2.19. The second-order valence-corrected chi connectivity index (χ2v) is 3.18. The molecule has 3 heteroatoms. The largest absolute Gasteiger partial charge is 0.271 e. The fourth-order valence-corrected chi connectivity index (χ4v) is 1.46. The van der Waals surface area contributed by atoms with Crippen LogP contribution in [0.5, 0.6) is 0 Å². The summed E-state index contributed by atoms with van der Waals surface area (Å²) in [6, 6.07) is 0.355. The zero-order chi connectivity index (χ0) is 7.40. The highest BCUT2D eigenvalue weighted by Gasteiger charge is 2.17. The highest BCUT2D eigenvalue weighted by atomic mass is 16.3. The van der Waals surface area contributed by atoms with Crippen LogP contribution < -0.4 is 5.43 Å². The minimum absolute atomic E-state index is 0.355. The predicted octanol–water partition coefficient (Wildman–Crippen LogP) is 1.84. The molecule has 0 spiro atoms. The molecule has 3 nitrogen and oxygen atoms in total. The molecule has 0 amide bonds. The van der Waals surface area contributed by atoms with Gasteiger partial charge < -0.3 is 0 Å². The van der Waals surface area contributed by atoms with Crippen molar-refractivity contribution in [2.45, 2.75) is 38.6 Å². The van der Waals surface area contributed by atoms with Gasteiger partial charge in [-0.3, -0.25) is 5.43 Å². The number of nitroso groups, excluding NO2 is 1. The molecule has 0 aromatic carbocycles. The lowest BCUT2D eigenvalue weighted by Crippen LogP contribution is -2.28. The molecule has 1 aliphatic rings. The Bertz CT molecular complexity index is 108.